The van der Waals surface area contributed by atoms with Crippen LogP contribution in [0.4, 0.5) is 5.69 Å². The van der Waals surface area contributed by atoms with Gasteiger partial charge < -0.3 is 4.90 Å². The van der Waals surface area contributed by atoms with Crippen molar-refractivity contribution in [3.8, 4) is 0 Å². The van der Waals surface area contributed by atoms with Gasteiger partial charge in [0.25, 0.3) is 0 Å². The average molecular weight is 266 g/mol. The summed E-state index contributed by atoms with van der Waals surface area (Å²) in [6, 6.07) is 5.62. The highest BCUT2D eigenvalue weighted by Crippen LogP contribution is 2.35. The molecule has 1 aromatic rings. The second kappa shape index (κ2) is 4.93. The zero-order valence-electron chi connectivity index (χ0n) is 11.3. The SMILES string of the molecule is CC(=O)c1ccc(N2CCCC(C)(C)C2)c(Cl)c1. The molecule has 2 nitrogen and oxygen atoms in total. The minimum absolute atomic E-state index is 0.0578. The van der Waals surface area contributed by atoms with Crippen molar-refractivity contribution < 1.29 is 4.79 Å². The number of carbonyl (C=O) groups excluding carboxylic acids is 1. The first-order valence-electron chi connectivity index (χ1n) is 6.44. The molecule has 0 aliphatic carbocycles. The first kappa shape index (κ1) is 13.4. The van der Waals surface area contributed by atoms with Crippen molar-refractivity contribution in [1.82, 2.24) is 0 Å². The molecule has 0 atom stereocenters. The normalized spacial score (nSPS) is 18.8. The maximum Gasteiger partial charge on any atom is 0.159 e. The Morgan fingerprint density at radius 3 is 2.67 bits per heavy atom. The van der Waals surface area contributed by atoms with Crippen molar-refractivity contribution in [1.29, 1.82) is 0 Å². The van der Waals surface area contributed by atoms with Crippen LogP contribution >= 0.6 is 11.6 Å². The Labute approximate surface area is 114 Å². The molecule has 0 radical (unpaired) electrons. The zero-order chi connectivity index (χ0) is 13.3. The van der Waals surface area contributed by atoms with Crippen molar-refractivity contribution in [3.63, 3.8) is 0 Å². The minimum Gasteiger partial charge on any atom is -0.370 e. The molecule has 98 valence electrons. The fourth-order valence-corrected chi connectivity index (χ4v) is 2.91. The van der Waals surface area contributed by atoms with Gasteiger partial charge in [-0.1, -0.05) is 25.4 Å². The molecule has 0 bridgehead atoms. The van der Waals surface area contributed by atoms with Crippen molar-refractivity contribution in [2.45, 2.75) is 33.6 Å². The van der Waals surface area contributed by atoms with E-state index in [-0.39, 0.29) is 5.78 Å². The quantitative estimate of drug-likeness (QED) is 0.748. The van der Waals surface area contributed by atoms with Crippen LogP contribution < -0.4 is 4.90 Å². The number of nitrogens with zero attached hydrogens (tertiary/aromatic N) is 1. The molecule has 0 unspecified atom stereocenters. The van der Waals surface area contributed by atoms with Gasteiger partial charge in [-0.3, -0.25) is 4.79 Å². The van der Waals surface area contributed by atoms with E-state index in [1.165, 1.54) is 12.8 Å². The van der Waals surface area contributed by atoms with Crippen LogP contribution in [0.15, 0.2) is 18.2 Å². The molecule has 1 aromatic carbocycles. The number of carbonyl (C=O) groups is 1. The molecule has 1 fully saturated rings. The second-order valence-corrected chi connectivity index (χ2v) is 6.32. The lowest BCUT2D eigenvalue weighted by atomic mass is 9.84. The van der Waals surface area contributed by atoms with Gasteiger partial charge in [-0.25, -0.2) is 0 Å². The number of piperidine rings is 1. The van der Waals surface area contributed by atoms with Crippen LogP contribution in [0.2, 0.25) is 5.02 Å². The van der Waals surface area contributed by atoms with E-state index in [2.05, 4.69) is 18.7 Å². The van der Waals surface area contributed by atoms with Gasteiger partial charge >= 0.3 is 0 Å². The molecule has 1 aliphatic rings. The molecule has 0 saturated carbocycles. The number of halogens is 1. The lowest BCUT2D eigenvalue weighted by molar-refractivity contribution is 0.101. The smallest absolute Gasteiger partial charge is 0.159 e. The molecule has 0 aromatic heterocycles. The molecule has 3 heteroatoms. The summed E-state index contributed by atoms with van der Waals surface area (Å²) in [6.45, 7) is 8.21. The summed E-state index contributed by atoms with van der Waals surface area (Å²) in [7, 11) is 0. The van der Waals surface area contributed by atoms with Gasteiger partial charge in [-0.2, -0.15) is 0 Å². The van der Waals surface area contributed by atoms with Gasteiger partial charge in [0.05, 0.1) is 10.7 Å². The number of ketones is 1. The highest BCUT2D eigenvalue weighted by atomic mass is 35.5. The molecule has 0 amide bonds. The Morgan fingerprint density at radius 1 is 1.39 bits per heavy atom. The van der Waals surface area contributed by atoms with Crippen LogP contribution in [0.5, 0.6) is 0 Å². The first-order chi connectivity index (χ1) is 8.39. The Kier molecular flexibility index (Phi) is 3.67. The minimum atomic E-state index is 0.0578. The van der Waals surface area contributed by atoms with Crippen LogP contribution in [-0.2, 0) is 0 Å². The standard InChI is InChI=1S/C15H20ClNO/c1-11(18)12-5-6-14(13(16)9-12)17-8-4-7-15(2,3)10-17/h5-6,9H,4,7-8,10H2,1-3H3. The number of benzene rings is 1. The van der Waals surface area contributed by atoms with E-state index in [1.807, 2.05) is 12.1 Å². The van der Waals surface area contributed by atoms with Crippen LogP contribution in [0, 0.1) is 5.41 Å². The molecular weight excluding hydrogens is 246 g/mol. The first-order valence-corrected chi connectivity index (χ1v) is 6.82. The van der Waals surface area contributed by atoms with E-state index < -0.39 is 0 Å². The number of Topliss-reactive ketones (excluding diaryl/α,β-unsaturated/α-hetero) is 1. The lowest BCUT2D eigenvalue weighted by Crippen LogP contribution is -2.40. The number of anilines is 1. The maximum atomic E-state index is 11.3. The third kappa shape index (κ3) is 2.86. The van der Waals surface area contributed by atoms with Crippen LogP contribution in [-0.4, -0.2) is 18.9 Å². The van der Waals surface area contributed by atoms with E-state index in [4.69, 9.17) is 11.6 Å². The van der Waals surface area contributed by atoms with Gasteiger partial charge in [0.1, 0.15) is 0 Å². The van der Waals surface area contributed by atoms with Gasteiger partial charge in [-0.15, -0.1) is 0 Å². The van der Waals surface area contributed by atoms with Gasteiger partial charge in [0.15, 0.2) is 5.78 Å². The molecule has 0 spiro atoms. The highest BCUT2D eigenvalue weighted by Gasteiger charge is 2.27. The largest absolute Gasteiger partial charge is 0.370 e. The Bertz CT molecular complexity index is 468. The molecular formula is C15H20ClNO. The second-order valence-electron chi connectivity index (χ2n) is 5.91. The predicted octanol–water partition coefficient (Wildman–Crippen LogP) is 4.17. The molecule has 18 heavy (non-hydrogen) atoms. The maximum absolute atomic E-state index is 11.3. The lowest BCUT2D eigenvalue weighted by Gasteiger charge is -2.39. The fourth-order valence-electron chi connectivity index (χ4n) is 2.61. The average Bonchev–Trinajstić information content (AvgIpc) is 2.27. The topological polar surface area (TPSA) is 20.3 Å². The van der Waals surface area contributed by atoms with Gasteiger partial charge in [0.2, 0.25) is 0 Å². The highest BCUT2D eigenvalue weighted by molar-refractivity contribution is 6.33. The number of rotatable bonds is 2. The molecule has 2 rings (SSSR count). The van der Waals surface area contributed by atoms with Crippen molar-refractivity contribution >= 4 is 23.1 Å². The zero-order valence-corrected chi connectivity index (χ0v) is 12.0. The Balaban J connectivity index is 2.26. The van der Waals surface area contributed by atoms with E-state index in [0.717, 1.165) is 18.8 Å². The van der Waals surface area contributed by atoms with E-state index in [0.29, 0.717) is 16.0 Å². The van der Waals surface area contributed by atoms with E-state index in [9.17, 15) is 4.79 Å². The summed E-state index contributed by atoms with van der Waals surface area (Å²) in [5, 5.41) is 0.681. The summed E-state index contributed by atoms with van der Waals surface area (Å²) in [6.07, 6.45) is 2.45. The summed E-state index contributed by atoms with van der Waals surface area (Å²) in [5.41, 5.74) is 2.07. The van der Waals surface area contributed by atoms with Crippen LogP contribution in [0.25, 0.3) is 0 Å². The van der Waals surface area contributed by atoms with E-state index >= 15 is 0 Å². The Hall–Kier alpha value is -1.02. The fraction of sp³-hybridized carbons (Fsp3) is 0.533. The number of hydrogen-bond donors (Lipinski definition) is 0. The summed E-state index contributed by atoms with van der Waals surface area (Å²) in [4.78, 5) is 13.6. The van der Waals surface area contributed by atoms with Crippen LogP contribution in [0.1, 0.15) is 44.0 Å². The molecule has 1 heterocycles. The van der Waals surface area contributed by atoms with Crippen LogP contribution in [0.3, 0.4) is 0 Å². The summed E-state index contributed by atoms with van der Waals surface area (Å²) in [5.74, 6) is 0.0578. The van der Waals surface area contributed by atoms with Crippen molar-refractivity contribution in [2.24, 2.45) is 5.41 Å². The van der Waals surface area contributed by atoms with Crippen molar-refractivity contribution in [3.05, 3.63) is 28.8 Å². The predicted molar refractivity (Wildman–Crippen MR) is 76.7 cm³/mol. The van der Waals surface area contributed by atoms with E-state index in [1.54, 1.807) is 13.0 Å². The number of hydrogen-bond acceptors (Lipinski definition) is 2. The Morgan fingerprint density at radius 2 is 2.11 bits per heavy atom. The molecule has 1 aliphatic heterocycles. The molecule has 0 N–H and O–H groups in total. The monoisotopic (exact) mass is 265 g/mol. The third-order valence-electron chi connectivity index (χ3n) is 3.60. The summed E-state index contributed by atoms with van der Waals surface area (Å²) >= 11 is 6.31. The summed E-state index contributed by atoms with van der Waals surface area (Å²) < 4.78 is 0. The third-order valence-corrected chi connectivity index (χ3v) is 3.90. The van der Waals surface area contributed by atoms with Gasteiger partial charge in [-0.05, 0) is 43.4 Å². The van der Waals surface area contributed by atoms with Gasteiger partial charge in [0, 0.05) is 18.7 Å². The van der Waals surface area contributed by atoms with Crippen molar-refractivity contribution in [2.75, 3.05) is 18.0 Å². The molecule has 1 saturated heterocycles.